The van der Waals surface area contributed by atoms with Crippen LogP contribution in [0, 0.1) is 17.5 Å². The second-order valence-corrected chi connectivity index (χ2v) is 6.10. The Hall–Kier alpha value is -0.850. The first kappa shape index (κ1) is 15.5. The molecule has 2 rings (SSSR count). The largest absolute Gasteiger partial charge is 0.323 e. The molecule has 0 aromatic heterocycles. The third kappa shape index (κ3) is 3.42. The Morgan fingerprint density at radius 1 is 1.00 bits per heavy atom. The normalized spacial score (nSPS) is 12.5. The zero-order valence-corrected chi connectivity index (χ0v) is 13.3. The Morgan fingerprint density at radius 3 is 2.20 bits per heavy atom. The van der Waals surface area contributed by atoms with E-state index in [4.69, 9.17) is 5.73 Å². The quantitative estimate of drug-likeness (QED) is 0.770. The van der Waals surface area contributed by atoms with Crippen molar-refractivity contribution in [3.63, 3.8) is 0 Å². The number of benzene rings is 2. The highest BCUT2D eigenvalue weighted by molar-refractivity contribution is 9.10. The van der Waals surface area contributed by atoms with Crippen LogP contribution in [0.5, 0.6) is 0 Å². The van der Waals surface area contributed by atoms with Crippen LogP contribution in [0.4, 0.5) is 13.2 Å². The monoisotopic (exact) mass is 407 g/mol. The molecule has 106 valence electrons. The maximum atomic E-state index is 13.8. The van der Waals surface area contributed by atoms with Gasteiger partial charge in [-0.05, 0) is 42.3 Å². The van der Waals surface area contributed by atoms with E-state index in [0.717, 1.165) is 12.1 Å². The molecule has 0 spiro atoms. The molecule has 1 atom stereocenters. The lowest BCUT2D eigenvalue weighted by Crippen LogP contribution is -2.17. The van der Waals surface area contributed by atoms with Gasteiger partial charge in [0.1, 0.15) is 17.5 Å². The van der Waals surface area contributed by atoms with Crippen LogP contribution in [0.3, 0.4) is 0 Å². The Labute approximate surface area is 131 Å². The minimum atomic E-state index is -0.902. The van der Waals surface area contributed by atoms with Gasteiger partial charge in [-0.25, -0.2) is 13.2 Å². The van der Waals surface area contributed by atoms with Crippen molar-refractivity contribution in [1.82, 2.24) is 0 Å². The molecule has 0 heterocycles. The van der Waals surface area contributed by atoms with Gasteiger partial charge in [0.05, 0.1) is 0 Å². The first-order valence-corrected chi connectivity index (χ1v) is 7.31. The topological polar surface area (TPSA) is 26.0 Å². The van der Waals surface area contributed by atoms with E-state index in [0.29, 0.717) is 14.5 Å². The van der Waals surface area contributed by atoms with E-state index in [2.05, 4.69) is 31.9 Å². The third-order valence-corrected chi connectivity index (χ3v) is 4.09. The van der Waals surface area contributed by atoms with Crippen molar-refractivity contribution in [2.45, 2.75) is 12.5 Å². The van der Waals surface area contributed by atoms with Crippen LogP contribution in [0.15, 0.2) is 39.3 Å². The molecule has 20 heavy (non-hydrogen) atoms. The van der Waals surface area contributed by atoms with E-state index in [1.165, 1.54) is 18.2 Å². The van der Waals surface area contributed by atoms with Crippen LogP contribution in [0.2, 0.25) is 0 Å². The van der Waals surface area contributed by atoms with E-state index in [-0.39, 0.29) is 12.0 Å². The molecule has 2 N–H and O–H groups in total. The van der Waals surface area contributed by atoms with Crippen molar-refractivity contribution in [2.75, 3.05) is 0 Å². The van der Waals surface area contributed by atoms with Crippen molar-refractivity contribution in [3.05, 3.63) is 67.9 Å². The van der Waals surface area contributed by atoms with Gasteiger partial charge in [-0.3, -0.25) is 0 Å². The number of rotatable bonds is 3. The highest BCUT2D eigenvalue weighted by Crippen LogP contribution is 2.28. The molecule has 1 unspecified atom stereocenters. The van der Waals surface area contributed by atoms with E-state index in [1.54, 1.807) is 0 Å². The summed E-state index contributed by atoms with van der Waals surface area (Å²) in [5.74, 6) is -1.87. The van der Waals surface area contributed by atoms with Crippen molar-refractivity contribution in [2.24, 2.45) is 5.73 Å². The number of nitrogens with two attached hydrogens (primary N) is 1. The summed E-state index contributed by atoms with van der Waals surface area (Å²) in [6.45, 7) is 0. The molecular weight excluding hydrogens is 399 g/mol. The molecule has 0 saturated heterocycles. The average molecular weight is 409 g/mol. The molecule has 0 radical (unpaired) electrons. The fourth-order valence-electron chi connectivity index (χ4n) is 1.95. The van der Waals surface area contributed by atoms with Crippen LogP contribution in [-0.2, 0) is 6.42 Å². The van der Waals surface area contributed by atoms with E-state index < -0.39 is 23.5 Å². The van der Waals surface area contributed by atoms with E-state index in [1.807, 2.05) is 0 Å². The zero-order chi connectivity index (χ0) is 14.9. The highest BCUT2D eigenvalue weighted by atomic mass is 79.9. The van der Waals surface area contributed by atoms with Crippen molar-refractivity contribution in [1.29, 1.82) is 0 Å². The number of halogens is 5. The highest BCUT2D eigenvalue weighted by Gasteiger charge is 2.19. The average Bonchev–Trinajstić information content (AvgIpc) is 2.32. The van der Waals surface area contributed by atoms with Gasteiger partial charge in [-0.2, -0.15) is 0 Å². The second kappa shape index (κ2) is 6.28. The molecule has 0 aliphatic rings. The first-order valence-electron chi connectivity index (χ1n) is 5.72. The summed E-state index contributed by atoms with van der Waals surface area (Å²) in [7, 11) is 0. The van der Waals surface area contributed by atoms with Gasteiger partial charge in [-0.15, -0.1) is 0 Å². The fourth-order valence-corrected chi connectivity index (χ4v) is 2.76. The van der Waals surface area contributed by atoms with Crippen molar-refractivity contribution >= 4 is 31.9 Å². The second-order valence-electron chi connectivity index (χ2n) is 4.33. The Bertz CT molecular complexity index is 623. The summed E-state index contributed by atoms with van der Waals surface area (Å²) < 4.78 is 41.8. The standard InChI is InChI=1S/C14H10Br2F3N/c15-8-5-11(18)14(12(19)6-8)13(20)4-7-3-9(17)1-2-10(7)16/h1-3,5-6,13H,4,20H2. The molecular formula is C14H10Br2F3N. The van der Waals surface area contributed by atoms with Crippen molar-refractivity contribution in [3.8, 4) is 0 Å². The lowest BCUT2D eigenvalue weighted by atomic mass is 9.98. The summed E-state index contributed by atoms with van der Waals surface area (Å²) in [5, 5.41) is 0. The van der Waals surface area contributed by atoms with Crippen LogP contribution in [0.25, 0.3) is 0 Å². The molecule has 2 aromatic carbocycles. The maximum absolute atomic E-state index is 13.8. The number of hydrogen-bond acceptors (Lipinski definition) is 1. The van der Waals surface area contributed by atoms with Crippen LogP contribution in [-0.4, -0.2) is 0 Å². The Morgan fingerprint density at radius 2 is 1.60 bits per heavy atom. The van der Waals surface area contributed by atoms with Crippen LogP contribution >= 0.6 is 31.9 Å². The molecule has 0 saturated carbocycles. The molecule has 6 heteroatoms. The lowest BCUT2D eigenvalue weighted by Gasteiger charge is -2.15. The summed E-state index contributed by atoms with van der Waals surface area (Å²) in [6.07, 6.45) is 0.119. The van der Waals surface area contributed by atoms with Gasteiger partial charge in [0.2, 0.25) is 0 Å². The van der Waals surface area contributed by atoms with Gasteiger partial charge in [0.15, 0.2) is 0 Å². The Balaban J connectivity index is 2.33. The van der Waals surface area contributed by atoms with Crippen LogP contribution in [0.1, 0.15) is 17.2 Å². The minimum absolute atomic E-state index is 0.119. The summed E-state index contributed by atoms with van der Waals surface area (Å²) in [4.78, 5) is 0. The molecule has 0 aliphatic heterocycles. The summed E-state index contributed by atoms with van der Waals surface area (Å²) >= 11 is 6.27. The fraction of sp³-hybridized carbons (Fsp3) is 0.143. The van der Waals surface area contributed by atoms with Gasteiger partial charge < -0.3 is 5.73 Å². The van der Waals surface area contributed by atoms with Gasteiger partial charge >= 0.3 is 0 Å². The molecule has 0 bridgehead atoms. The summed E-state index contributed by atoms with van der Waals surface area (Å²) in [5.41, 5.74) is 6.21. The SMILES string of the molecule is NC(Cc1cc(F)ccc1Br)c1c(F)cc(Br)cc1F. The predicted octanol–water partition coefficient (Wildman–Crippen LogP) is 4.87. The zero-order valence-electron chi connectivity index (χ0n) is 10.1. The molecule has 0 fully saturated rings. The number of hydrogen-bond donors (Lipinski definition) is 1. The van der Waals surface area contributed by atoms with Gasteiger partial charge in [-0.1, -0.05) is 31.9 Å². The Kier molecular flexibility index (Phi) is 4.88. The van der Waals surface area contributed by atoms with Crippen molar-refractivity contribution < 1.29 is 13.2 Å². The molecule has 1 nitrogen and oxygen atoms in total. The lowest BCUT2D eigenvalue weighted by molar-refractivity contribution is 0.522. The molecule has 0 aliphatic carbocycles. The molecule has 2 aromatic rings. The summed E-state index contributed by atoms with van der Waals surface area (Å²) in [6, 6.07) is 5.52. The molecule has 0 amide bonds. The smallest absolute Gasteiger partial charge is 0.132 e. The van der Waals surface area contributed by atoms with Crippen LogP contribution < -0.4 is 5.73 Å². The van der Waals surface area contributed by atoms with E-state index >= 15 is 0 Å². The maximum Gasteiger partial charge on any atom is 0.132 e. The van der Waals surface area contributed by atoms with Gasteiger partial charge in [0.25, 0.3) is 0 Å². The first-order chi connectivity index (χ1) is 9.38. The third-order valence-electron chi connectivity index (χ3n) is 2.86. The van der Waals surface area contributed by atoms with Gasteiger partial charge in [0, 0.05) is 20.6 Å². The van der Waals surface area contributed by atoms with E-state index in [9.17, 15) is 13.2 Å². The predicted molar refractivity (Wildman–Crippen MR) is 78.8 cm³/mol. The minimum Gasteiger partial charge on any atom is -0.323 e.